The number of unbranched alkanes of at least 4 members (excludes halogenated alkanes) is 1. The zero-order valence-corrected chi connectivity index (χ0v) is 26.8. The molecule has 0 radical (unpaired) electrons. The molecule has 41 heavy (non-hydrogen) atoms. The fourth-order valence-corrected chi connectivity index (χ4v) is 6.04. The summed E-state index contributed by atoms with van der Waals surface area (Å²) in [7, 11) is -2.29. The van der Waals surface area contributed by atoms with Crippen LogP contribution in [0.1, 0.15) is 70.9 Å². The first kappa shape index (κ1) is 32.7. The molecule has 1 aliphatic rings. The van der Waals surface area contributed by atoms with E-state index in [1.807, 2.05) is 83.6 Å². The molecular weight excluding hydrogens is 532 g/mol. The van der Waals surface area contributed by atoms with Crippen molar-refractivity contribution < 1.29 is 23.9 Å². The summed E-state index contributed by atoms with van der Waals surface area (Å²) in [6.07, 6.45) is 3.60. The highest BCUT2D eigenvalue weighted by molar-refractivity contribution is 6.72. The minimum Gasteiger partial charge on any atom is -0.445 e. The Morgan fingerprint density at radius 3 is 1.78 bits per heavy atom. The van der Waals surface area contributed by atoms with E-state index in [0.29, 0.717) is 19.0 Å². The van der Waals surface area contributed by atoms with Gasteiger partial charge in [0.1, 0.15) is 13.2 Å². The van der Waals surface area contributed by atoms with Crippen molar-refractivity contribution in [1.29, 1.82) is 0 Å². The first-order valence-corrected chi connectivity index (χ1v) is 18.0. The summed E-state index contributed by atoms with van der Waals surface area (Å²) in [5.41, 5.74) is 1.89. The van der Waals surface area contributed by atoms with E-state index in [0.717, 1.165) is 43.2 Å². The first-order valence-electron chi connectivity index (χ1n) is 15.0. The third-order valence-corrected chi connectivity index (χ3v) is 12.1. The first-order chi connectivity index (χ1) is 19.4. The van der Waals surface area contributed by atoms with E-state index < -0.39 is 8.32 Å². The van der Waals surface area contributed by atoms with Crippen molar-refractivity contribution in [2.75, 3.05) is 13.1 Å². The number of carbonyl (C=O) groups is 2. The zero-order valence-electron chi connectivity index (χ0n) is 25.8. The summed E-state index contributed by atoms with van der Waals surface area (Å²) in [6.45, 7) is 13.8. The van der Waals surface area contributed by atoms with Gasteiger partial charge in [-0.2, -0.15) is 0 Å². The van der Waals surface area contributed by atoms with Crippen molar-refractivity contribution in [2.24, 2.45) is 5.92 Å². The van der Waals surface area contributed by atoms with Crippen LogP contribution in [-0.4, -0.2) is 60.3 Å². The second-order valence-electron chi connectivity index (χ2n) is 13.0. The molecule has 0 spiro atoms. The maximum atomic E-state index is 13.5. The van der Waals surface area contributed by atoms with Gasteiger partial charge < -0.3 is 24.1 Å². The van der Waals surface area contributed by atoms with Gasteiger partial charge in [0, 0.05) is 13.1 Å². The Hall–Kier alpha value is -2.84. The number of piperazine rings is 1. The van der Waals surface area contributed by atoms with Crippen LogP contribution in [0.25, 0.3) is 0 Å². The molecule has 1 N–H and O–H groups in total. The summed E-state index contributed by atoms with van der Waals surface area (Å²) < 4.78 is 11.5. The molecule has 1 saturated heterocycles. The van der Waals surface area contributed by atoms with Gasteiger partial charge in [0.15, 0.2) is 8.32 Å². The van der Waals surface area contributed by atoms with Crippen LogP contribution in [0.5, 0.6) is 0 Å². The van der Waals surface area contributed by atoms with Gasteiger partial charge in [-0.1, -0.05) is 101 Å². The molecule has 2 aromatic carbocycles. The van der Waals surface area contributed by atoms with E-state index in [1.54, 1.807) is 0 Å². The molecule has 1 fully saturated rings. The Labute approximate surface area is 248 Å². The van der Waals surface area contributed by atoms with Crippen molar-refractivity contribution in [3.63, 3.8) is 0 Å². The lowest BCUT2D eigenvalue weighted by atomic mass is 9.95. The van der Waals surface area contributed by atoms with Crippen LogP contribution in [0.3, 0.4) is 0 Å². The van der Waals surface area contributed by atoms with Crippen LogP contribution in [0, 0.1) is 5.92 Å². The zero-order chi connectivity index (χ0) is 30.0. The molecule has 0 aromatic heterocycles. The predicted molar refractivity (Wildman–Crippen MR) is 166 cm³/mol. The second kappa shape index (κ2) is 14.9. The van der Waals surface area contributed by atoms with Crippen molar-refractivity contribution in [1.82, 2.24) is 9.80 Å². The Bertz CT molecular complexity index is 1090. The number of nitrogens with zero attached hydrogens (tertiary/aromatic N) is 2. The number of hydrogen-bond donors (Lipinski definition) is 1. The Morgan fingerprint density at radius 2 is 1.32 bits per heavy atom. The van der Waals surface area contributed by atoms with Crippen molar-refractivity contribution in [2.45, 2.75) is 103 Å². The van der Waals surface area contributed by atoms with E-state index in [2.05, 4.69) is 27.7 Å². The fraction of sp³-hybridized carbons (Fsp3) is 0.576. The summed E-state index contributed by atoms with van der Waals surface area (Å²) in [6, 6.07) is 19.1. The Balaban J connectivity index is 1.73. The van der Waals surface area contributed by atoms with E-state index in [9.17, 15) is 14.4 Å². The largest absolute Gasteiger partial charge is 0.445 e. The summed E-state index contributed by atoms with van der Waals surface area (Å²) >= 11 is 0. The molecule has 8 heteroatoms. The van der Waals surface area contributed by atoms with Gasteiger partial charge in [0.25, 0.3) is 0 Å². The number of amides is 2. The summed E-state index contributed by atoms with van der Waals surface area (Å²) in [5, 5.41) is -0.0937. The Kier molecular flexibility index (Phi) is 11.8. The highest BCUT2D eigenvalue weighted by Crippen LogP contribution is 2.40. The Morgan fingerprint density at radius 1 is 0.854 bits per heavy atom. The van der Waals surface area contributed by atoms with E-state index >= 15 is 0 Å². The smallest absolute Gasteiger partial charge is 0.410 e. The fourth-order valence-electron chi connectivity index (χ4n) is 5.25. The topological polar surface area (TPSA) is 79.3 Å². The molecule has 0 bridgehead atoms. The molecule has 0 unspecified atom stereocenters. The summed E-state index contributed by atoms with van der Waals surface area (Å²) in [5.74, 6) is 0.344. The van der Waals surface area contributed by atoms with Gasteiger partial charge in [-0.05, 0) is 54.4 Å². The molecule has 2 amide bonds. The molecule has 0 aliphatic carbocycles. The van der Waals surface area contributed by atoms with Gasteiger partial charge in [0.2, 0.25) is 0 Å². The SMILES string of the molecule is CC(C)C[C@@H]1CN(C(=O)OCc2ccccc2)[C@@H](CCCCC(C)(C)[Si](C)(C)O)CN1C(=O)OCc1ccccc1. The highest BCUT2D eigenvalue weighted by Gasteiger charge is 2.41. The second-order valence-corrected chi connectivity index (χ2v) is 17.5. The van der Waals surface area contributed by atoms with Crippen molar-refractivity contribution >= 4 is 20.5 Å². The average Bonchev–Trinajstić information content (AvgIpc) is 2.93. The molecule has 226 valence electrons. The van der Waals surface area contributed by atoms with Gasteiger partial charge in [0.05, 0.1) is 12.1 Å². The van der Waals surface area contributed by atoms with Gasteiger partial charge in [-0.15, -0.1) is 0 Å². The molecule has 0 saturated carbocycles. The number of carbonyl (C=O) groups excluding carboxylic acids is 2. The minimum atomic E-state index is -2.29. The van der Waals surface area contributed by atoms with E-state index in [-0.39, 0.29) is 42.5 Å². The van der Waals surface area contributed by atoms with Crippen molar-refractivity contribution in [3.05, 3.63) is 71.8 Å². The lowest BCUT2D eigenvalue weighted by molar-refractivity contribution is 0.00111. The molecule has 2 atom stereocenters. The lowest BCUT2D eigenvalue weighted by Crippen LogP contribution is -2.61. The third kappa shape index (κ3) is 9.89. The number of ether oxygens (including phenoxy) is 2. The third-order valence-electron chi connectivity index (χ3n) is 8.56. The van der Waals surface area contributed by atoms with Crippen LogP contribution >= 0.6 is 0 Å². The maximum Gasteiger partial charge on any atom is 0.410 e. The molecular formula is C33H50N2O5Si. The van der Waals surface area contributed by atoms with Crippen LogP contribution in [0.2, 0.25) is 18.1 Å². The average molecular weight is 583 g/mol. The monoisotopic (exact) mass is 582 g/mol. The van der Waals surface area contributed by atoms with Crippen LogP contribution in [0.4, 0.5) is 9.59 Å². The number of hydrogen-bond acceptors (Lipinski definition) is 5. The molecule has 3 rings (SSSR count). The number of rotatable bonds is 12. The molecule has 1 heterocycles. The van der Waals surface area contributed by atoms with Gasteiger partial charge in [-0.25, -0.2) is 9.59 Å². The molecule has 7 nitrogen and oxygen atoms in total. The predicted octanol–water partition coefficient (Wildman–Crippen LogP) is 7.60. The van der Waals surface area contributed by atoms with Crippen LogP contribution in [0.15, 0.2) is 60.7 Å². The van der Waals surface area contributed by atoms with Crippen molar-refractivity contribution in [3.8, 4) is 0 Å². The highest BCUT2D eigenvalue weighted by atomic mass is 28.4. The van der Waals surface area contributed by atoms with Crippen LogP contribution in [-0.2, 0) is 22.7 Å². The lowest BCUT2D eigenvalue weighted by Gasteiger charge is -2.46. The van der Waals surface area contributed by atoms with E-state index in [4.69, 9.17) is 9.47 Å². The standard InChI is InChI=1S/C33H50N2O5Si/c1-26(2)21-30-23-34(31(36)39-24-27-15-9-7-10-16-27)29(19-13-14-20-33(3,4)41(5,6)38)22-35(30)32(37)40-25-28-17-11-8-12-18-28/h7-12,15-18,26,29-30,38H,13-14,19-25H2,1-6H3/t29-,30+/m0/s1. The quantitative estimate of drug-likeness (QED) is 0.206. The minimum absolute atomic E-state index is 0.0937. The normalized spacial score (nSPS) is 18.0. The van der Waals surface area contributed by atoms with Gasteiger partial charge in [-0.3, -0.25) is 0 Å². The van der Waals surface area contributed by atoms with Gasteiger partial charge >= 0.3 is 12.2 Å². The summed E-state index contributed by atoms with van der Waals surface area (Å²) in [4.78, 5) is 41.3. The molecule has 2 aromatic rings. The number of benzene rings is 2. The molecule has 1 aliphatic heterocycles. The maximum absolute atomic E-state index is 13.5. The van der Waals surface area contributed by atoms with E-state index in [1.165, 1.54) is 0 Å². The van der Waals surface area contributed by atoms with Crippen LogP contribution < -0.4 is 0 Å².